The molecule has 0 amide bonds. The summed E-state index contributed by atoms with van der Waals surface area (Å²) in [5, 5.41) is 3.65. The number of hydrogen-bond acceptors (Lipinski definition) is 1. The van der Waals surface area contributed by atoms with Crippen LogP contribution in [0.15, 0.2) is 95.5 Å². The first kappa shape index (κ1) is 18.8. The maximum Gasteiger partial charge on any atom is 0.216 e. The van der Waals surface area contributed by atoms with Crippen LogP contribution in [0.3, 0.4) is 0 Å². The predicted octanol–water partition coefficient (Wildman–Crippen LogP) is 7.35. The van der Waals surface area contributed by atoms with E-state index >= 15 is 4.39 Å². The topological polar surface area (TPSA) is 17.0 Å². The molecule has 2 heterocycles. The van der Waals surface area contributed by atoms with Crippen molar-refractivity contribution in [3.63, 3.8) is 0 Å². The van der Waals surface area contributed by atoms with E-state index in [9.17, 15) is 0 Å². The largest absolute Gasteiger partial charge is 0.454 e. The maximum absolute atomic E-state index is 15.1. The molecule has 0 unspecified atom stereocenters. The fourth-order valence-corrected chi connectivity index (χ4v) is 4.69. The first-order valence-electron chi connectivity index (χ1n) is 10.7. The molecule has 0 bridgehead atoms. The predicted molar refractivity (Wildman–Crippen MR) is 128 cm³/mol. The van der Waals surface area contributed by atoms with Crippen molar-refractivity contribution in [1.29, 1.82) is 0 Å². The maximum atomic E-state index is 15.1. The molecule has 2 aromatic heterocycles. The van der Waals surface area contributed by atoms with E-state index in [4.69, 9.17) is 4.42 Å². The molecule has 0 saturated heterocycles. The van der Waals surface area contributed by atoms with Crippen LogP contribution in [-0.2, 0) is 7.05 Å². The van der Waals surface area contributed by atoms with Gasteiger partial charge in [-0.2, -0.15) is 0 Å². The second-order valence-corrected chi connectivity index (χ2v) is 8.29. The van der Waals surface area contributed by atoms with Crippen LogP contribution < -0.4 is 4.57 Å². The third-order valence-electron chi connectivity index (χ3n) is 6.32. The fraction of sp³-hybridized carbons (Fsp3) is 0.0690. The third kappa shape index (κ3) is 2.75. The molecule has 0 atom stereocenters. The van der Waals surface area contributed by atoms with Crippen LogP contribution in [0.25, 0.3) is 55.1 Å². The molecular weight excluding hydrogens is 397 g/mol. The molecule has 32 heavy (non-hydrogen) atoms. The molecule has 6 rings (SSSR count). The molecule has 2 nitrogen and oxygen atoms in total. The van der Waals surface area contributed by atoms with Crippen LogP contribution in [0.5, 0.6) is 0 Å². The molecule has 154 valence electrons. The Bertz CT molecular complexity index is 1660. The van der Waals surface area contributed by atoms with E-state index in [0.717, 1.165) is 38.7 Å². The number of aromatic nitrogens is 1. The second kappa shape index (κ2) is 7.03. The number of benzene rings is 4. The van der Waals surface area contributed by atoms with Gasteiger partial charge in [-0.1, -0.05) is 48.5 Å². The summed E-state index contributed by atoms with van der Waals surface area (Å²) in [4.78, 5) is 0. The molecule has 0 fully saturated rings. The summed E-state index contributed by atoms with van der Waals surface area (Å²) in [7, 11) is 2.01. The molecule has 0 spiro atoms. The smallest absolute Gasteiger partial charge is 0.216 e. The van der Waals surface area contributed by atoms with Crippen molar-refractivity contribution in [2.24, 2.45) is 7.05 Å². The zero-order valence-corrected chi connectivity index (χ0v) is 17.9. The number of rotatable bonds is 2. The number of fused-ring (bicyclic) bond motifs is 4. The van der Waals surface area contributed by atoms with Gasteiger partial charge in [0.25, 0.3) is 0 Å². The van der Waals surface area contributed by atoms with E-state index in [2.05, 4.69) is 47.9 Å². The average Bonchev–Trinajstić information content (AvgIpc) is 3.20. The average molecular weight is 418 g/mol. The number of aryl methyl sites for hydroxylation is 2. The quantitative estimate of drug-likeness (QED) is 0.269. The third-order valence-corrected chi connectivity index (χ3v) is 6.32. The normalized spacial score (nSPS) is 11.6. The Labute approximate surface area is 185 Å². The Morgan fingerprint density at radius 3 is 2.44 bits per heavy atom. The van der Waals surface area contributed by atoms with Crippen LogP contribution in [-0.4, -0.2) is 0 Å². The summed E-state index contributed by atoms with van der Waals surface area (Å²) >= 11 is 0. The number of nitrogens with zero attached hydrogens (tertiary/aromatic N) is 1. The number of hydrogen-bond donors (Lipinski definition) is 0. The Balaban J connectivity index is 1.70. The number of halogens is 1. The van der Waals surface area contributed by atoms with Gasteiger partial charge in [-0.3, -0.25) is 0 Å². The van der Waals surface area contributed by atoms with Gasteiger partial charge in [0.05, 0.1) is 10.9 Å². The summed E-state index contributed by atoms with van der Waals surface area (Å²) in [5.74, 6) is -0.268. The Morgan fingerprint density at radius 1 is 0.781 bits per heavy atom. The lowest BCUT2D eigenvalue weighted by Crippen LogP contribution is -2.30. The molecule has 0 saturated carbocycles. The van der Waals surface area contributed by atoms with Gasteiger partial charge in [-0.25, -0.2) is 8.96 Å². The van der Waals surface area contributed by atoms with E-state index in [-0.39, 0.29) is 5.82 Å². The van der Waals surface area contributed by atoms with Gasteiger partial charge in [0.15, 0.2) is 6.20 Å². The van der Waals surface area contributed by atoms with Crippen molar-refractivity contribution < 1.29 is 13.4 Å². The highest BCUT2D eigenvalue weighted by molar-refractivity contribution is 6.13. The SMILES string of the molecule is Cc1ccc2c(oc3c(-c4ccc5ccccc5c4)ccc(F)c32)c1-c1cccc[n+]1C. The lowest BCUT2D eigenvalue weighted by Gasteiger charge is -2.05. The Kier molecular flexibility index (Phi) is 4.12. The van der Waals surface area contributed by atoms with Crippen molar-refractivity contribution in [1.82, 2.24) is 0 Å². The second-order valence-electron chi connectivity index (χ2n) is 8.29. The number of furan rings is 1. The van der Waals surface area contributed by atoms with Gasteiger partial charge in [-0.15, -0.1) is 0 Å². The van der Waals surface area contributed by atoms with Gasteiger partial charge in [-0.05, 0) is 53.1 Å². The Hall–Kier alpha value is -3.98. The van der Waals surface area contributed by atoms with Crippen molar-refractivity contribution in [2.45, 2.75) is 6.92 Å². The molecule has 6 aromatic rings. The molecule has 0 aliphatic carbocycles. The van der Waals surface area contributed by atoms with E-state index in [1.165, 1.54) is 5.39 Å². The minimum Gasteiger partial charge on any atom is -0.454 e. The molecule has 0 aliphatic heterocycles. The highest BCUT2D eigenvalue weighted by atomic mass is 19.1. The molecule has 4 aromatic carbocycles. The summed E-state index contributed by atoms with van der Waals surface area (Å²) in [6, 6.07) is 28.0. The van der Waals surface area contributed by atoms with E-state index in [1.807, 2.05) is 55.7 Å². The summed E-state index contributed by atoms with van der Waals surface area (Å²) in [6.45, 7) is 2.07. The van der Waals surface area contributed by atoms with Crippen LogP contribution in [0.2, 0.25) is 0 Å². The van der Waals surface area contributed by atoms with Crippen LogP contribution in [0, 0.1) is 12.7 Å². The van der Waals surface area contributed by atoms with Gasteiger partial charge in [0, 0.05) is 23.1 Å². The highest BCUT2D eigenvalue weighted by Crippen LogP contribution is 2.42. The molecule has 0 N–H and O–H groups in total. The van der Waals surface area contributed by atoms with E-state index in [0.29, 0.717) is 16.6 Å². The first-order valence-corrected chi connectivity index (χ1v) is 10.7. The van der Waals surface area contributed by atoms with Crippen LogP contribution in [0.4, 0.5) is 4.39 Å². The summed E-state index contributed by atoms with van der Waals surface area (Å²) < 4.78 is 23.7. The zero-order chi connectivity index (χ0) is 21.8. The van der Waals surface area contributed by atoms with Gasteiger partial charge < -0.3 is 4.42 Å². The van der Waals surface area contributed by atoms with Gasteiger partial charge >= 0.3 is 0 Å². The standard InChI is InChI=1S/C29H21FNO/c1-18-10-13-23-27-24(30)15-14-22(21-12-11-19-7-3-4-8-20(19)17-21)28(27)32-29(23)26(18)25-9-5-6-16-31(25)2/h3-17H,1-2H3/q+1. The van der Waals surface area contributed by atoms with E-state index in [1.54, 1.807) is 6.07 Å². The zero-order valence-electron chi connectivity index (χ0n) is 17.9. The number of pyridine rings is 1. The fourth-order valence-electron chi connectivity index (χ4n) is 4.69. The van der Waals surface area contributed by atoms with Crippen LogP contribution in [0.1, 0.15) is 5.56 Å². The summed E-state index contributed by atoms with van der Waals surface area (Å²) in [6.07, 6.45) is 2.01. The van der Waals surface area contributed by atoms with Crippen molar-refractivity contribution in [3.05, 3.63) is 103 Å². The lowest BCUT2D eigenvalue weighted by atomic mass is 9.97. The van der Waals surface area contributed by atoms with Gasteiger partial charge in [0.1, 0.15) is 24.0 Å². The minimum atomic E-state index is -0.268. The molecular formula is C29H21FNO+. The highest BCUT2D eigenvalue weighted by Gasteiger charge is 2.23. The van der Waals surface area contributed by atoms with Crippen molar-refractivity contribution in [2.75, 3.05) is 0 Å². The van der Waals surface area contributed by atoms with Crippen molar-refractivity contribution >= 4 is 32.7 Å². The monoisotopic (exact) mass is 418 g/mol. The van der Waals surface area contributed by atoms with Crippen LogP contribution >= 0.6 is 0 Å². The first-order chi connectivity index (χ1) is 15.6. The van der Waals surface area contributed by atoms with Crippen molar-refractivity contribution in [3.8, 4) is 22.4 Å². The minimum absolute atomic E-state index is 0.268. The molecule has 0 radical (unpaired) electrons. The molecule has 0 aliphatic rings. The lowest BCUT2D eigenvalue weighted by molar-refractivity contribution is -0.660. The molecule has 3 heteroatoms. The summed E-state index contributed by atoms with van der Waals surface area (Å²) in [5.41, 5.74) is 6.31. The van der Waals surface area contributed by atoms with E-state index < -0.39 is 0 Å². The Morgan fingerprint density at radius 2 is 1.59 bits per heavy atom. The van der Waals surface area contributed by atoms with Gasteiger partial charge in [0.2, 0.25) is 5.69 Å².